The van der Waals surface area contributed by atoms with Gasteiger partial charge in [-0.1, -0.05) is 331 Å². The molecule has 3 heterocycles. The van der Waals surface area contributed by atoms with Crippen molar-refractivity contribution in [2.75, 3.05) is 6.26 Å². The van der Waals surface area contributed by atoms with Crippen LogP contribution in [0.15, 0.2) is 399 Å². The van der Waals surface area contributed by atoms with E-state index in [1.807, 2.05) is 188 Å². The van der Waals surface area contributed by atoms with Gasteiger partial charge in [0.25, 0.3) is 10.2 Å². The number of imidazole rings is 1. The number of hydrogen-bond donors (Lipinski definition) is 4. The van der Waals surface area contributed by atoms with Crippen molar-refractivity contribution in [2.45, 2.75) is 62.2 Å². The summed E-state index contributed by atoms with van der Waals surface area (Å²) >= 11 is 3.43. The lowest BCUT2D eigenvalue weighted by Gasteiger charge is -2.32. The topological polar surface area (TPSA) is 245 Å². The molecule has 16 nitrogen and oxygen atoms in total. The Kier molecular flexibility index (Phi) is 30.6. The number of phenols is 2. The Labute approximate surface area is 787 Å². The lowest BCUT2D eigenvalue weighted by Crippen LogP contribution is -2.63. The van der Waals surface area contributed by atoms with E-state index in [0.29, 0.717) is 50.9 Å². The minimum atomic E-state index is -7.41. The van der Waals surface area contributed by atoms with Crippen LogP contribution in [0.1, 0.15) is 27.7 Å². The Morgan fingerprint density at radius 1 is 0.390 bits per heavy atom. The molecule has 0 amide bonds. The molecule has 1 aliphatic rings. The summed E-state index contributed by atoms with van der Waals surface area (Å²) in [6.07, 6.45) is -6.70. The highest BCUT2D eigenvalue weighted by molar-refractivity contribution is 9.10. The van der Waals surface area contributed by atoms with E-state index in [-0.39, 0.29) is 29.8 Å². The Morgan fingerprint density at radius 3 is 1.06 bits per heavy atom. The van der Waals surface area contributed by atoms with Gasteiger partial charge in [0, 0.05) is 63.0 Å². The highest BCUT2D eigenvalue weighted by Gasteiger charge is 2.86. The molecular weight excluding hydrogens is 1930 g/mol. The number of phenolic OH excluding ortho intramolecular Hbond substituents is 2. The molecule has 18 rings (SSSR count). The van der Waals surface area contributed by atoms with Crippen LogP contribution in [-0.2, 0) is 43.3 Å². The zero-order valence-corrected chi connectivity index (χ0v) is 78.7. The van der Waals surface area contributed by atoms with E-state index in [4.69, 9.17) is 37.9 Å². The van der Waals surface area contributed by atoms with Crippen molar-refractivity contribution < 1.29 is 108 Å². The molecule has 696 valence electrons. The summed E-state index contributed by atoms with van der Waals surface area (Å²) in [5, 5.41) is 38.6. The maximum Gasteiger partial charge on any atom is 0.494 e. The van der Waals surface area contributed by atoms with Crippen LogP contribution in [0.25, 0.3) is 60.6 Å². The molecule has 4 N–H and O–H groups in total. The van der Waals surface area contributed by atoms with Crippen molar-refractivity contribution in [3.63, 3.8) is 0 Å². The predicted octanol–water partition coefficient (Wildman–Crippen LogP) is 20.0. The van der Waals surface area contributed by atoms with Crippen molar-refractivity contribution in [1.82, 2.24) is 9.38 Å². The SMILES string of the molecule is CC1(C)OB(c2ccc3c(c2)c2ccccc2n2c4ccccc4nc32)OC1(C)C.CS(=O)(=O)F.O=P(c1ccccc1)(c1ccccc1)c1ccc(-c2ccc(O)cc2)cc1.O=P(c1ccccc1)(c1ccccc1)c1ccc(-c2ccc(OS(=O)(=O)C(F)(F)C(F)(F)C(F)(F)C(F)(F)F)cc2)cc1.O=P(c1ccccc1)(c1ccccc1)c1ccc(Br)cc1.OB(O)c1ccc(O)cc1. The minimum absolute atomic E-state index is 0.115. The largest absolute Gasteiger partial charge is 0.508 e. The number of rotatable bonds is 18. The zero-order chi connectivity index (χ0) is 98.0. The fourth-order valence-electron chi connectivity index (χ4n) is 14.7. The Hall–Kier alpha value is -12.5. The molecule has 1 aliphatic heterocycles. The maximum absolute atomic E-state index is 14.4. The van der Waals surface area contributed by atoms with Gasteiger partial charge in [-0.15, -0.1) is 3.89 Å². The van der Waals surface area contributed by atoms with Crippen LogP contribution in [0.5, 0.6) is 17.2 Å². The molecule has 0 bridgehead atoms. The first-order valence-electron chi connectivity index (χ1n) is 41.6. The first-order valence-corrected chi connectivity index (χ1v) is 50.7. The van der Waals surface area contributed by atoms with Gasteiger partial charge in [0.1, 0.15) is 22.9 Å². The van der Waals surface area contributed by atoms with Crippen molar-refractivity contribution in [1.29, 1.82) is 0 Å². The summed E-state index contributed by atoms with van der Waals surface area (Å²) in [7, 11) is -22.1. The van der Waals surface area contributed by atoms with E-state index in [1.165, 1.54) is 35.0 Å². The molecule has 15 aromatic carbocycles. The molecule has 17 aromatic rings. The first kappa shape index (κ1) is 101. The molecule has 0 unspecified atom stereocenters. The molecule has 0 radical (unpaired) electrons. The number of hydrogen-bond acceptors (Lipinski definition) is 15. The smallest absolute Gasteiger partial charge is 0.494 e. The third-order valence-corrected chi connectivity index (χ3v) is 33.4. The van der Waals surface area contributed by atoms with Crippen LogP contribution in [0, 0.1) is 0 Å². The fourth-order valence-corrected chi connectivity index (χ4v) is 23.8. The number of aromatic nitrogens is 2. The van der Waals surface area contributed by atoms with Crippen molar-refractivity contribution in [2.24, 2.45) is 0 Å². The number of nitrogens with zero attached hydrogens (tertiary/aromatic N) is 2. The van der Waals surface area contributed by atoms with Crippen molar-refractivity contribution in [3.05, 3.63) is 399 Å². The second-order valence-electron chi connectivity index (χ2n) is 32.0. The normalized spacial score (nSPS) is 13.4. The van der Waals surface area contributed by atoms with E-state index >= 15 is 0 Å². The molecule has 0 saturated carbocycles. The molecule has 1 fully saturated rings. The Bertz CT molecular complexity index is 7270. The molecule has 1 saturated heterocycles. The van der Waals surface area contributed by atoms with Crippen LogP contribution in [0.3, 0.4) is 0 Å². The summed E-state index contributed by atoms with van der Waals surface area (Å²) in [6, 6.07) is 118. The van der Waals surface area contributed by atoms with Gasteiger partial charge < -0.3 is 47.4 Å². The first-order chi connectivity index (χ1) is 64.3. The monoisotopic (exact) mass is 2010 g/mol. The number of halogens is 11. The van der Waals surface area contributed by atoms with Gasteiger partial charge in [0.2, 0.25) is 0 Å². The molecule has 136 heavy (non-hydrogen) atoms. The molecule has 0 aliphatic carbocycles. The summed E-state index contributed by atoms with van der Waals surface area (Å²) in [6.45, 7) is 8.35. The minimum Gasteiger partial charge on any atom is -0.508 e. The summed E-state index contributed by atoms with van der Waals surface area (Å²) in [5.74, 6) is -15.5. The third kappa shape index (κ3) is 21.8. The van der Waals surface area contributed by atoms with Crippen LogP contribution in [-0.4, -0.2) is 101 Å². The Morgan fingerprint density at radius 2 is 0.699 bits per heavy atom. The highest BCUT2D eigenvalue weighted by atomic mass is 79.9. The molecule has 0 atom stereocenters. The number of alkyl halides is 9. The number of pyridine rings is 1. The quantitative estimate of drug-likeness (QED) is 0.0156. The summed E-state index contributed by atoms with van der Waals surface area (Å²) < 4.78 is 233. The summed E-state index contributed by atoms with van der Waals surface area (Å²) in [5.41, 5.74) is 7.71. The lowest BCUT2D eigenvalue weighted by atomic mass is 9.78. The van der Waals surface area contributed by atoms with Gasteiger partial charge in [0.15, 0.2) is 21.4 Å². The number of aromatic hydroxyl groups is 2. The fraction of sp³-hybridized carbons (Fsp3) is 0.108. The number of para-hydroxylation sites is 3. The molecular formula is C102H84B2BrF10N2O14P3S2. The lowest BCUT2D eigenvalue weighted by molar-refractivity contribution is -0.382. The van der Waals surface area contributed by atoms with Crippen LogP contribution in [0.2, 0.25) is 0 Å². The van der Waals surface area contributed by atoms with E-state index in [2.05, 4.69) is 113 Å². The van der Waals surface area contributed by atoms with Gasteiger partial charge in [-0.3, -0.25) is 4.40 Å². The van der Waals surface area contributed by atoms with Gasteiger partial charge in [-0.25, -0.2) is 4.98 Å². The zero-order valence-electron chi connectivity index (χ0n) is 72.8. The van der Waals surface area contributed by atoms with E-state index in [9.17, 15) is 70.6 Å². The molecule has 0 spiro atoms. The second-order valence-corrected chi connectivity index (χ2v) is 44.2. The third-order valence-electron chi connectivity index (χ3n) is 22.4. The predicted molar refractivity (Wildman–Crippen MR) is 525 cm³/mol. The average molecular weight is 2010 g/mol. The highest BCUT2D eigenvalue weighted by Crippen LogP contribution is 2.56. The van der Waals surface area contributed by atoms with Crippen molar-refractivity contribution >= 4 is 169 Å². The van der Waals surface area contributed by atoms with Gasteiger partial charge in [0.05, 0.1) is 34.0 Å². The van der Waals surface area contributed by atoms with Gasteiger partial charge in [-0.05, 0) is 145 Å². The second kappa shape index (κ2) is 41.2. The van der Waals surface area contributed by atoms with E-state index in [1.54, 1.807) is 97.1 Å². The van der Waals surface area contributed by atoms with Crippen LogP contribution < -0.4 is 62.8 Å². The maximum atomic E-state index is 14.4. The van der Waals surface area contributed by atoms with E-state index in [0.717, 1.165) is 92.6 Å². The standard InChI is InChI=1S/C28H18F9O4PS.C25H23BN2O2.C24H19O2P.C18H14BrOP.C6H7BO3.CH3FO2S/c29-25(30,27(33,34)35)26(31,32)28(36,37)43(39,40)41-21-15-11-19(12-16-21)20-13-17-24(18-14-20)42(38,22-7-3-1-4-8-22)23-9-5-2-6-10-23;1-24(2)25(3,4)30-26(29-24)16-13-14-18-19(15-16)17-9-5-7-11-21(17)28-22-12-8-6-10-20(22)27-23(18)28;25-21-15-11-19(12-16-21)20-13-17-24(18-14-20)27(26,22-7-3-1-4-8-22)23-9-5-2-6-10-23;19-15-11-13-18(14-12-15)21(20,16-7-3-1-4-8-16)17-9-5-2-6-10-17;8-6-3-1-5(2-4-6)7(9)10;1-5(2,3)4/h1-18H;5-15H,1-4H3;1-18,25H;1-14H;1-4,8-10H;1H3. The number of fused-ring (bicyclic) bond motifs is 8. The average Bonchev–Trinajstić information content (AvgIpc) is 1.47. The van der Waals surface area contributed by atoms with Crippen molar-refractivity contribution in [3.8, 4) is 39.5 Å². The Balaban J connectivity index is 0.000000149. The van der Waals surface area contributed by atoms with Crippen LogP contribution in [0.4, 0.5) is 43.4 Å². The molecule has 2 aromatic heterocycles. The van der Waals surface area contributed by atoms with E-state index < -0.39 is 77.9 Å². The summed E-state index contributed by atoms with van der Waals surface area (Å²) in [4.78, 5) is 4.97. The van der Waals surface area contributed by atoms with Crippen LogP contribution >= 0.6 is 37.4 Å². The molecule has 34 heteroatoms. The van der Waals surface area contributed by atoms with Gasteiger partial charge in [-0.2, -0.15) is 56.3 Å². The number of benzene rings is 15. The van der Waals surface area contributed by atoms with Gasteiger partial charge >= 0.3 is 47.6 Å².